The smallest absolute Gasteiger partial charge is 0.231 e. The van der Waals surface area contributed by atoms with Crippen molar-refractivity contribution < 1.29 is 9.47 Å². The van der Waals surface area contributed by atoms with Crippen molar-refractivity contribution in [2.45, 2.75) is 12.5 Å². The van der Waals surface area contributed by atoms with Gasteiger partial charge in [0.25, 0.3) is 0 Å². The molecule has 2 aliphatic heterocycles. The highest BCUT2D eigenvalue weighted by Crippen LogP contribution is 2.40. The summed E-state index contributed by atoms with van der Waals surface area (Å²) in [5.74, 6) is 1.69. The van der Waals surface area contributed by atoms with E-state index in [1.807, 2.05) is 6.07 Å². The molecule has 0 unspecified atom stereocenters. The van der Waals surface area contributed by atoms with Crippen molar-refractivity contribution in [3.63, 3.8) is 0 Å². The lowest BCUT2D eigenvalue weighted by Crippen LogP contribution is -2.35. The van der Waals surface area contributed by atoms with Crippen LogP contribution >= 0.6 is 15.9 Å². The minimum Gasteiger partial charge on any atom is -0.454 e. The molecule has 3 rings (SSSR count). The van der Waals surface area contributed by atoms with E-state index < -0.39 is 0 Å². The molecule has 3 nitrogen and oxygen atoms in total. The molecule has 0 saturated carbocycles. The lowest BCUT2D eigenvalue weighted by molar-refractivity contribution is 0.174. The highest BCUT2D eigenvalue weighted by molar-refractivity contribution is 9.10. The zero-order chi connectivity index (χ0) is 9.54. The first-order valence-corrected chi connectivity index (χ1v) is 5.46. The highest BCUT2D eigenvalue weighted by atomic mass is 79.9. The van der Waals surface area contributed by atoms with E-state index in [1.165, 1.54) is 12.0 Å². The molecule has 0 radical (unpaired) electrons. The minimum atomic E-state index is 0.337. The summed E-state index contributed by atoms with van der Waals surface area (Å²) in [7, 11) is 0. The van der Waals surface area contributed by atoms with Crippen molar-refractivity contribution in [2.24, 2.45) is 0 Å². The van der Waals surface area contributed by atoms with E-state index in [2.05, 4.69) is 27.3 Å². The largest absolute Gasteiger partial charge is 0.454 e. The fourth-order valence-corrected chi connectivity index (χ4v) is 2.35. The molecule has 0 amide bonds. The Hall–Kier alpha value is -0.740. The van der Waals surface area contributed by atoms with Crippen molar-refractivity contribution in [3.05, 3.63) is 22.2 Å². The molecular formula is C10H10BrNO2. The van der Waals surface area contributed by atoms with E-state index in [9.17, 15) is 0 Å². The first-order chi connectivity index (χ1) is 6.84. The minimum absolute atomic E-state index is 0.337. The number of halogens is 1. The maximum atomic E-state index is 5.34. The number of fused-ring (bicyclic) bond motifs is 1. The Balaban J connectivity index is 2.03. The van der Waals surface area contributed by atoms with E-state index >= 15 is 0 Å². The maximum Gasteiger partial charge on any atom is 0.231 e. The van der Waals surface area contributed by atoms with E-state index in [4.69, 9.17) is 9.47 Å². The molecule has 2 heterocycles. The molecule has 0 aliphatic carbocycles. The summed E-state index contributed by atoms with van der Waals surface area (Å²) in [5, 5.41) is 3.37. The van der Waals surface area contributed by atoms with Crippen LogP contribution in [0.3, 0.4) is 0 Å². The van der Waals surface area contributed by atoms with Gasteiger partial charge >= 0.3 is 0 Å². The van der Waals surface area contributed by atoms with Crippen LogP contribution in [0.1, 0.15) is 18.0 Å². The van der Waals surface area contributed by atoms with E-state index in [0.29, 0.717) is 12.8 Å². The zero-order valence-electron chi connectivity index (χ0n) is 7.55. The van der Waals surface area contributed by atoms with Crippen LogP contribution in [0.15, 0.2) is 16.6 Å². The average Bonchev–Trinajstić information content (AvgIpc) is 2.48. The Kier molecular flexibility index (Phi) is 1.92. The number of benzene rings is 1. The van der Waals surface area contributed by atoms with Gasteiger partial charge in [-0.2, -0.15) is 0 Å². The standard InChI is InChI=1S/C10H10BrNO2/c11-7-4-10-9(13-5-14-10)3-6(7)8-1-2-12-8/h3-4,8,12H,1-2,5H2/t8-/m0/s1. The monoisotopic (exact) mass is 255 g/mol. The second kappa shape index (κ2) is 3.14. The van der Waals surface area contributed by atoms with Crippen LogP contribution in [0.25, 0.3) is 0 Å². The number of hydrogen-bond donors (Lipinski definition) is 1. The Morgan fingerprint density at radius 2 is 2.00 bits per heavy atom. The summed E-state index contributed by atoms with van der Waals surface area (Å²) in [6.45, 7) is 1.44. The van der Waals surface area contributed by atoms with Gasteiger partial charge in [0.05, 0.1) is 0 Å². The van der Waals surface area contributed by atoms with Gasteiger partial charge < -0.3 is 14.8 Å². The van der Waals surface area contributed by atoms with Gasteiger partial charge in [0, 0.05) is 10.5 Å². The van der Waals surface area contributed by atoms with Crippen LogP contribution in [0, 0.1) is 0 Å². The van der Waals surface area contributed by atoms with Gasteiger partial charge in [-0.1, -0.05) is 15.9 Å². The maximum absolute atomic E-state index is 5.34. The molecule has 2 aliphatic rings. The summed E-state index contributed by atoms with van der Waals surface area (Å²) in [6, 6.07) is 4.51. The van der Waals surface area contributed by atoms with Crippen molar-refractivity contribution in [1.82, 2.24) is 5.32 Å². The van der Waals surface area contributed by atoms with Gasteiger partial charge in [-0.3, -0.25) is 0 Å². The fraction of sp³-hybridized carbons (Fsp3) is 0.400. The number of hydrogen-bond acceptors (Lipinski definition) is 3. The van der Waals surface area contributed by atoms with Gasteiger partial charge in [-0.05, 0) is 30.7 Å². The van der Waals surface area contributed by atoms with Gasteiger partial charge in [0.1, 0.15) is 0 Å². The van der Waals surface area contributed by atoms with Crippen LogP contribution < -0.4 is 14.8 Å². The molecule has 1 N–H and O–H groups in total. The third-order valence-corrected chi connectivity index (χ3v) is 3.38. The summed E-state index contributed by atoms with van der Waals surface area (Å²) >= 11 is 3.55. The second-order valence-electron chi connectivity index (χ2n) is 3.52. The van der Waals surface area contributed by atoms with Crippen LogP contribution in [-0.4, -0.2) is 13.3 Å². The van der Waals surface area contributed by atoms with Crippen LogP contribution in [0.2, 0.25) is 0 Å². The first kappa shape index (κ1) is 8.56. The lowest BCUT2D eigenvalue weighted by atomic mass is 9.98. The summed E-state index contributed by atoms with van der Waals surface area (Å²) in [5.41, 5.74) is 1.26. The molecule has 4 heteroatoms. The van der Waals surface area contributed by atoms with Gasteiger partial charge in [-0.25, -0.2) is 0 Å². The molecule has 0 aromatic heterocycles. The first-order valence-electron chi connectivity index (χ1n) is 4.67. The lowest BCUT2D eigenvalue weighted by Gasteiger charge is -2.28. The SMILES string of the molecule is Brc1cc2c(cc1[C@@H]1CCN1)OCO2. The van der Waals surface area contributed by atoms with E-state index in [1.54, 1.807) is 0 Å². The number of rotatable bonds is 1. The second-order valence-corrected chi connectivity index (χ2v) is 4.38. The van der Waals surface area contributed by atoms with Crippen LogP contribution in [0.4, 0.5) is 0 Å². The van der Waals surface area contributed by atoms with Gasteiger partial charge in [0.15, 0.2) is 11.5 Å². The highest BCUT2D eigenvalue weighted by Gasteiger charge is 2.24. The number of nitrogens with one attached hydrogen (secondary N) is 1. The van der Waals surface area contributed by atoms with Crippen molar-refractivity contribution in [2.75, 3.05) is 13.3 Å². The van der Waals surface area contributed by atoms with Crippen molar-refractivity contribution in [3.8, 4) is 11.5 Å². The molecule has 1 fully saturated rings. The average molecular weight is 256 g/mol. The van der Waals surface area contributed by atoms with E-state index in [0.717, 1.165) is 22.5 Å². The van der Waals surface area contributed by atoms with E-state index in [-0.39, 0.29) is 0 Å². The topological polar surface area (TPSA) is 30.5 Å². The Bertz CT molecular complexity index is 377. The van der Waals surface area contributed by atoms with Gasteiger partial charge in [-0.15, -0.1) is 0 Å². The summed E-state index contributed by atoms with van der Waals surface area (Å²) in [6.07, 6.45) is 1.19. The zero-order valence-corrected chi connectivity index (χ0v) is 9.13. The molecule has 0 spiro atoms. The predicted octanol–water partition coefficient (Wildman–Crippen LogP) is 2.21. The Morgan fingerprint density at radius 3 is 2.64 bits per heavy atom. The molecule has 1 atom stereocenters. The van der Waals surface area contributed by atoms with Gasteiger partial charge in [0.2, 0.25) is 6.79 Å². The molecular weight excluding hydrogens is 246 g/mol. The summed E-state index contributed by atoms with van der Waals surface area (Å²) < 4.78 is 11.7. The quantitative estimate of drug-likeness (QED) is 0.835. The third kappa shape index (κ3) is 1.21. The summed E-state index contributed by atoms with van der Waals surface area (Å²) in [4.78, 5) is 0. The Labute approximate surface area is 90.5 Å². The number of ether oxygens (including phenoxy) is 2. The van der Waals surface area contributed by atoms with Crippen LogP contribution in [0.5, 0.6) is 11.5 Å². The van der Waals surface area contributed by atoms with Crippen molar-refractivity contribution >= 4 is 15.9 Å². The molecule has 1 saturated heterocycles. The molecule has 14 heavy (non-hydrogen) atoms. The molecule has 0 bridgehead atoms. The normalized spacial score (nSPS) is 23.4. The molecule has 1 aromatic rings. The van der Waals surface area contributed by atoms with Crippen LogP contribution in [-0.2, 0) is 0 Å². The predicted molar refractivity (Wildman–Crippen MR) is 55.6 cm³/mol. The Morgan fingerprint density at radius 1 is 1.29 bits per heavy atom. The third-order valence-electron chi connectivity index (χ3n) is 2.69. The fourth-order valence-electron chi connectivity index (χ4n) is 1.75. The molecule has 1 aromatic carbocycles. The molecule has 74 valence electrons. The van der Waals surface area contributed by atoms with Crippen molar-refractivity contribution in [1.29, 1.82) is 0 Å².